The monoisotopic (exact) mass is 451 g/mol. The van der Waals surface area contributed by atoms with Crippen LogP contribution in [-0.4, -0.2) is 27.4 Å². The number of hydrogen-bond donors (Lipinski definition) is 2. The van der Waals surface area contributed by atoms with Gasteiger partial charge < -0.3 is 15.4 Å². The highest BCUT2D eigenvalue weighted by atomic mass is 16.5. The normalized spacial score (nSPS) is 10.9. The van der Waals surface area contributed by atoms with Crippen LogP contribution < -0.4 is 20.9 Å². The molecule has 3 aromatic heterocycles. The van der Waals surface area contributed by atoms with E-state index in [4.69, 9.17) is 9.72 Å². The number of amides is 1. The summed E-state index contributed by atoms with van der Waals surface area (Å²) in [6, 6.07) is 21.8. The third-order valence-electron chi connectivity index (χ3n) is 5.46. The number of pyridine rings is 2. The molecule has 3 heterocycles. The van der Waals surface area contributed by atoms with Crippen molar-refractivity contribution in [2.45, 2.75) is 6.54 Å². The van der Waals surface area contributed by atoms with E-state index in [2.05, 4.69) is 15.6 Å². The molecule has 0 bridgehead atoms. The van der Waals surface area contributed by atoms with E-state index in [0.717, 1.165) is 16.6 Å². The summed E-state index contributed by atoms with van der Waals surface area (Å²) in [7, 11) is 1.53. The Kier molecular flexibility index (Phi) is 5.61. The molecule has 8 nitrogen and oxygen atoms in total. The van der Waals surface area contributed by atoms with E-state index in [1.165, 1.54) is 11.5 Å². The Bertz CT molecular complexity index is 1560. The molecule has 0 atom stereocenters. The SMILES string of the molecule is COc1cccn2c(=O)c(CNC(=O)c3ccccc3)c(Nc3ccc4ncccc4c3)nc12. The summed E-state index contributed by atoms with van der Waals surface area (Å²) in [6.45, 7) is -0.00280. The molecule has 0 fully saturated rings. The highest BCUT2D eigenvalue weighted by Crippen LogP contribution is 2.24. The molecule has 0 unspecified atom stereocenters. The zero-order chi connectivity index (χ0) is 23.5. The second kappa shape index (κ2) is 9.03. The van der Waals surface area contributed by atoms with Gasteiger partial charge in [0.15, 0.2) is 11.4 Å². The van der Waals surface area contributed by atoms with Crippen molar-refractivity contribution in [3.8, 4) is 5.75 Å². The van der Waals surface area contributed by atoms with Gasteiger partial charge in [-0.3, -0.25) is 19.0 Å². The van der Waals surface area contributed by atoms with Crippen LogP contribution in [0.3, 0.4) is 0 Å². The van der Waals surface area contributed by atoms with Crippen LogP contribution >= 0.6 is 0 Å². The van der Waals surface area contributed by atoms with Gasteiger partial charge in [0.05, 0.1) is 24.7 Å². The standard InChI is InChI=1S/C26H21N5O3/c1-34-22-10-6-14-31-24(22)30-23(29-19-11-12-21-18(15-19)9-5-13-27-21)20(26(31)33)16-28-25(32)17-7-3-2-4-8-17/h2-15,29H,16H2,1H3,(H,28,32). The number of aromatic nitrogens is 3. The lowest BCUT2D eigenvalue weighted by molar-refractivity contribution is 0.0951. The molecular formula is C26H21N5O3. The molecule has 34 heavy (non-hydrogen) atoms. The molecule has 2 aromatic carbocycles. The molecular weight excluding hydrogens is 430 g/mol. The number of ether oxygens (including phenoxy) is 1. The summed E-state index contributed by atoms with van der Waals surface area (Å²) in [4.78, 5) is 35.1. The highest BCUT2D eigenvalue weighted by molar-refractivity contribution is 5.94. The number of carbonyl (C=O) groups excluding carboxylic acids is 1. The summed E-state index contributed by atoms with van der Waals surface area (Å²) >= 11 is 0. The van der Waals surface area contributed by atoms with Crippen molar-refractivity contribution in [1.29, 1.82) is 0 Å². The predicted octanol–water partition coefficient (Wildman–Crippen LogP) is 3.92. The lowest BCUT2D eigenvalue weighted by Gasteiger charge is -2.15. The van der Waals surface area contributed by atoms with Crippen LogP contribution in [0.2, 0.25) is 0 Å². The van der Waals surface area contributed by atoms with Gasteiger partial charge in [-0.2, -0.15) is 0 Å². The average molecular weight is 451 g/mol. The van der Waals surface area contributed by atoms with Gasteiger partial charge in [-0.15, -0.1) is 0 Å². The topological polar surface area (TPSA) is 97.6 Å². The van der Waals surface area contributed by atoms with Gasteiger partial charge in [-0.25, -0.2) is 4.98 Å². The van der Waals surface area contributed by atoms with E-state index in [0.29, 0.717) is 28.3 Å². The number of methoxy groups -OCH3 is 1. The number of benzene rings is 2. The first-order valence-electron chi connectivity index (χ1n) is 10.7. The fourth-order valence-electron chi connectivity index (χ4n) is 3.75. The molecule has 5 aromatic rings. The fourth-order valence-corrected chi connectivity index (χ4v) is 3.75. The number of nitrogens with one attached hydrogen (secondary N) is 2. The van der Waals surface area contributed by atoms with Crippen molar-refractivity contribution < 1.29 is 9.53 Å². The molecule has 0 radical (unpaired) electrons. The summed E-state index contributed by atoms with van der Waals surface area (Å²) in [6.07, 6.45) is 3.36. The Hall–Kier alpha value is -4.72. The van der Waals surface area contributed by atoms with Gasteiger partial charge >= 0.3 is 0 Å². The van der Waals surface area contributed by atoms with Crippen molar-refractivity contribution in [1.82, 2.24) is 19.7 Å². The molecule has 8 heteroatoms. The first-order chi connectivity index (χ1) is 16.6. The number of anilines is 2. The van der Waals surface area contributed by atoms with Crippen LogP contribution in [0, 0.1) is 0 Å². The first kappa shape index (κ1) is 21.1. The van der Waals surface area contributed by atoms with Crippen LogP contribution in [0.15, 0.2) is 90.0 Å². The maximum absolute atomic E-state index is 13.4. The molecule has 0 saturated carbocycles. The number of fused-ring (bicyclic) bond motifs is 2. The van der Waals surface area contributed by atoms with E-state index in [-0.39, 0.29) is 18.0 Å². The molecule has 0 saturated heterocycles. The minimum Gasteiger partial charge on any atom is -0.493 e. The fraction of sp³-hybridized carbons (Fsp3) is 0.0769. The highest BCUT2D eigenvalue weighted by Gasteiger charge is 2.17. The molecule has 0 aliphatic rings. The maximum atomic E-state index is 13.4. The van der Waals surface area contributed by atoms with E-state index in [1.54, 1.807) is 48.8 Å². The minimum atomic E-state index is -0.304. The molecule has 1 amide bonds. The van der Waals surface area contributed by atoms with Gasteiger partial charge in [0.2, 0.25) is 0 Å². The second-order valence-electron chi connectivity index (χ2n) is 7.60. The van der Waals surface area contributed by atoms with Gasteiger partial charge in [-0.1, -0.05) is 24.3 Å². The third kappa shape index (κ3) is 4.04. The summed E-state index contributed by atoms with van der Waals surface area (Å²) in [5.74, 6) is 0.523. The number of carbonyl (C=O) groups is 1. The molecule has 0 aliphatic heterocycles. The van der Waals surface area contributed by atoms with Crippen LogP contribution in [-0.2, 0) is 6.54 Å². The smallest absolute Gasteiger partial charge is 0.265 e. The largest absolute Gasteiger partial charge is 0.493 e. The van der Waals surface area contributed by atoms with Crippen molar-refractivity contribution >= 4 is 34.0 Å². The number of nitrogens with zero attached hydrogens (tertiary/aromatic N) is 3. The van der Waals surface area contributed by atoms with Crippen molar-refractivity contribution in [2.75, 3.05) is 12.4 Å². The van der Waals surface area contributed by atoms with E-state index >= 15 is 0 Å². The Morgan fingerprint density at radius 3 is 2.71 bits per heavy atom. The Morgan fingerprint density at radius 1 is 1.03 bits per heavy atom. The molecule has 0 spiro atoms. The zero-order valence-electron chi connectivity index (χ0n) is 18.4. The van der Waals surface area contributed by atoms with Crippen molar-refractivity contribution in [2.24, 2.45) is 0 Å². The van der Waals surface area contributed by atoms with Gasteiger partial charge in [0.25, 0.3) is 11.5 Å². The molecule has 5 rings (SSSR count). The number of rotatable bonds is 6. The van der Waals surface area contributed by atoms with Crippen LogP contribution in [0.1, 0.15) is 15.9 Å². The Morgan fingerprint density at radius 2 is 1.88 bits per heavy atom. The van der Waals surface area contributed by atoms with Crippen molar-refractivity contribution in [3.05, 3.63) is 107 Å². The van der Waals surface area contributed by atoms with Crippen LogP contribution in [0.5, 0.6) is 5.75 Å². The van der Waals surface area contributed by atoms with Gasteiger partial charge in [0, 0.05) is 29.0 Å². The first-order valence-corrected chi connectivity index (χ1v) is 10.7. The summed E-state index contributed by atoms with van der Waals surface area (Å²) < 4.78 is 6.83. The Balaban J connectivity index is 1.57. The summed E-state index contributed by atoms with van der Waals surface area (Å²) in [5.41, 5.74) is 2.50. The zero-order valence-corrected chi connectivity index (χ0v) is 18.4. The third-order valence-corrected chi connectivity index (χ3v) is 5.46. The average Bonchev–Trinajstić information content (AvgIpc) is 2.88. The predicted molar refractivity (Wildman–Crippen MR) is 131 cm³/mol. The maximum Gasteiger partial charge on any atom is 0.265 e. The molecule has 2 N–H and O–H groups in total. The van der Waals surface area contributed by atoms with Crippen LogP contribution in [0.4, 0.5) is 11.5 Å². The summed E-state index contributed by atoms with van der Waals surface area (Å²) in [5, 5.41) is 7.03. The van der Waals surface area contributed by atoms with Crippen molar-refractivity contribution in [3.63, 3.8) is 0 Å². The second-order valence-corrected chi connectivity index (χ2v) is 7.60. The quantitative estimate of drug-likeness (QED) is 0.406. The Labute approximate surface area is 194 Å². The van der Waals surface area contributed by atoms with Gasteiger partial charge in [0.1, 0.15) is 5.82 Å². The lowest BCUT2D eigenvalue weighted by atomic mass is 10.2. The van der Waals surface area contributed by atoms with E-state index in [9.17, 15) is 9.59 Å². The van der Waals surface area contributed by atoms with Crippen LogP contribution in [0.25, 0.3) is 16.6 Å². The molecule has 0 aliphatic carbocycles. The minimum absolute atomic E-state index is 0.00280. The number of hydrogen-bond acceptors (Lipinski definition) is 6. The van der Waals surface area contributed by atoms with E-state index in [1.807, 2.05) is 36.4 Å². The van der Waals surface area contributed by atoms with E-state index < -0.39 is 0 Å². The molecule has 168 valence electrons. The lowest BCUT2D eigenvalue weighted by Crippen LogP contribution is -2.30. The van der Waals surface area contributed by atoms with Gasteiger partial charge in [-0.05, 0) is 48.5 Å².